The number of nitrogens with zero attached hydrogens (tertiary/aromatic N) is 2. The molecule has 1 fully saturated rings. The molecule has 4 nitrogen and oxygen atoms in total. The van der Waals surface area contributed by atoms with Crippen LogP contribution >= 0.6 is 0 Å². The van der Waals surface area contributed by atoms with E-state index < -0.39 is 0 Å². The van der Waals surface area contributed by atoms with E-state index in [1.807, 2.05) is 0 Å². The molecule has 5 heteroatoms. The fourth-order valence-corrected chi connectivity index (χ4v) is 2.85. The van der Waals surface area contributed by atoms with Gasteiger partial charge in [-0.25, -0.2) is 9.37 Å². The van der Waals surface area contributed by atoms with Crippen molar-refractivity contribution in [1.29, 1.82) is 0 Å². The molecular weight excluding hydrogens is 281 g/mol. The number of ketones is 1. The number of aromatic amines is 1. The van der Waals surface area contributed by atoms with Crippen molar-refractivity contribution in [3.05, 3.63) is 53.9 Å². The first-order valence-electron chi connectivity index (χ1n) is 7.47. The van der Waals surface area contributed by atoms with Crippen LogP contribution < -0.4 is 0 Å². The molecule has 0 saturated heterocycles. The molecule has 1 aromatic carbocycles. The van der Waals surface area contributed by atoms with E-state index in [1.54, 1.807) is 24.7 Å². The van der Waals surface area contributed by atoms with E-state index in [0.29, 0.717) is 19.4 Å². The smallest absolute Gasteiger partial charge is 0.139 e. The maximum Gasteiger partial charge on any atom is 0.139 e. The zero-order chi connectivity index (χ0) is 15.4. The summed E-state index contributed by atoms with van der Waals surface area (Å²) < 4.78 is 13.0. The fraction of sp³-hybridized carbons (Fsp3) is 0.353. The van der Waals surface area contributed by atoms with Crippen LogP contribution in [0.5, 0.6) is 0 Å². The van der Waals surface area contributed by atoms with Crippen molar-refractivity contribution in [2.75, 3.05) is 6.54 Å². The zero-order valence-electron chi connectivity index (χ0n) is 12.3. The summed E-state index contributed by atoms with van der Waals surface area (Å²) in [6.45, 7) is 0.654. The molecule has 0 radical (unpaired) electrons. The van der Waals surface area contributed by atoms with Gasteiger partial charge in [0.25, 0.3) is 0 Å². The van der Waals surface area contributed by atoms with Crippen molar-refractivity contribution in [2.45, 2.75) is 31.6 Å². The summed E-state index contributed by atoms with van der Waals surface area (Å²) in [6, 6.07) is 6.43. The summed E-state index contributed by atoms with van der Waals surface area (Å²) in [4.78, 5) is 23.5. The average Bonchev–Trinajstić information content (AvgIpc) is 3.01. The first-order chi connectivity index (χ1) is 10.7. The van der Waals surface area contributed by atoms with Gasteiger partial charge < -0.3 is 4.98 Å². The van der Waals surface area contributed by atoms with Crippen LogP contribution in [0.15, 0.2) is 41.8 Å². The number of benzene rings is 1. The third kappa shape index (κ3) is 3.67. The van der Waals surface area contributed by atoms with E-state index in [0.717, 1.165) is 29.8 Å². The van der Waals surface area contributed by atoms with Crippen LogP contribution in [-0.2, 0) is 11.2 Å². The van der Waals surface area contributed by atoms with Gasteiger partial charge in [0.15, 0.2) is 0 Å². The number of hydrogen-bond acceptors (Lipinski definition) is 3. The number of Topliss-reactive ketones (excluding diaryl/α,β-unsaturated/α-hetero) is 1. The largest absolute Gasteiger partial charge is 0.348 e. The highest BCUT2D eigenvalue weighted by Crippen LogP contribution is 2.30. The van der Waals surface area contributed by atoms with Crippen molar-refractivity contribution in [2.24, 2.45) is 4.99 Å². The summed E-state index contributed by atoms with van der Waals surface area (Å²) in [5, 5.41) is 0. The molecular formula is C17H18FN3O. The minimum absolute atomic E-state index is 0.118. The summed E-state index contributed by atoms with van der Waals surface area (Å²) in [7, 11) is 0. The third-order valence-corrected chi connectivity index (χ3v) is 3.97. The quantitative estimate of drug-likeness (QED) is 0.943. The fourth-order valence-electron chi connectivity index (χ4n) is 2.85. The molecule has 3 rings (SSSR count). The van der Waals surface area contributed by atoms with Gasteiger partial charge in [0.1, 0.15) is 11.6 Å². The summed E-state index contributed by atoms with van der Waals surface area (Å²) in [5.74, 6) is 0.0768. The average molecular weight is 299 g/mol. The second-order valence-electron chi connectivity index (χ2n) is 5.65. The van der Waals surface area contributed by atoms with Crippen LogP contribution in [0.25, 0.3) is 0 Å². The highest BCUT2D eigenvalue weighted by molar-refractivity contribution is 6.05. The van der Waals surface area contributed by atoms with E-state index in [1.165, 1.54) is 12.1 Å². The number of carbonyl (C=O) groups is 1. The number of aliphatic imine (C=N–C) groups is 1. The maximum absolute atomic E-state index is 13.0. The lowest BCUT2D eigenvalue weighted by atomic mass is 9.82. The van der Waals surface area contributed by atoms with E-state index >= 15 is 0 Å². The van der Waals surface area contributed by atoms with Crippen molar-refractivity contribution in [3.8, 4) is 0 Å². The molecule has 1 aliphatic rings. The SMILES string of the molecule is O=C1CC(=NCCc2cnc[nH]2)C[C@H](c2ccc(F)cc2)C1. The Kier molecular flexibility index (Phi) is 4.42. The van der Waals surface area contributed by atoms with Crippen LogP contribution in [0.1, 0.15) is 36.4 Å². The second kappa shape index (κ2) is 6.64. The zero-order valence-corrected chi connectivity index (χ0v) is 12.3. The van der Waals surface area contributed by atoms with Gasteiger partial charge in [-0.2, -0.15) is 0 Å². The molecule has 0 unspecified atom stereocenters. The van der Waals surface area contributed by atoms with Crippen LogP contribution in [0, 0.1) is 5.82 Å². The molecule has 0 amide bonds. The van der Waals surface area contributed by atoms with Crippen molar-refractivity contribution < 1.29 is 9.18 Å². The lowest BCUT2D eigenvalue weighted by Crippen LogP contribution is -2.22. The van der Waals surface area contributed by atoms with Crippen LogP contribution in [0.3, 0.4) is 0 Å². The molecule has 2 aromatic rings. The number of halogens is 1. The number of rotatable bonds is 4. The van der Waals surface area contributed by atoms with Crippen molar-refractivity contribution in [3.63, 3.8) is 0 Å². The number of nitrogens with one attached hydrogen (secondary N) is 1. The molecule has 1 heterocycles. The third-order valence-electron chi connectivity index (χ3n) is 3.97. The Morgan fingerprint density at radius 2 is 2.09 bits per heavy atom. The molecule has 0 bridgehead atoms. The van der Waals surface area contributed by atoms with E-state index in [4.69, 9.17) is 0 Å². The molecule has 114 valence electrons. The standard InChI is InChI=1S/C17H18FN3O/c18-14-3-1-12(2-4-14)13-7-16(9-17(22)8-13)20-6-5-15-10-19-11-21-15/h1-4,10-11,13H,5-9H2,(H,19,21)/t13-/m0/s1. The number of H-pyrrole nitrogens is 1. The topological polar surface area (TPSA) is 58.1 Å². The minimum atomic E-state index is -0.251. The highest BCUT2D eigenvalue weighted by atomic mass is 19.1. The van der Waals surface area contributed by atoms with E-state index in [9.17, 15) is 9.18 Å². The van der Waals surface area contributed by atoms with Crippen LogP contribution in [0.4, 0.5) is 4.39 Å². The Bertz CT molecular complexity index is 662. The van der Waals surface area contributed by atoms with Crippen molar-refractivity contribution >= 4 is 11.5 Å². The van der Waals surface area contributed by atoms with E-state index in [-0.39, 0.29) is 17.5 Å². The molecule has 0 spiro atoms. The molecule has 1 aliphatic carbocycles. The summed E-state index contributed by atoms with van der Waals surface area (Å²) in [5.41, 5.74) is 3.00. The first kappa shape index (κ1) is 14.6. The number of imidazole rings is 1. The normalized spacial score (nSPS) is 20.5. The molecule has 22 heavy (non-hydrogen) atoms. The number of hydrogen-bond donors (Lipinski definition) is 1. The van der Waals surface area contributed by atoms with Gasteiger partial charge >= 0.3 is 0 Å². The van der Waals surface area contributed by atoms with Gasteiger partial charge in [-0.05, 0) is 30.0 Å². The predicted octanol–water partition coefficient (Wildman–Crippen LogP) is 3.07. The Morgan fingerprint density at radius 1 is 1.27 bits per heavy atom. The van der Waals surface area contributed by atoms with Gasteiger partial charge in [0, 0.05) is 43.4 Å². The maximum atomic E-state index is 13.0. The summed E-state index contributed by atoms with van der Waals surface area (Å²) >= 11 is 0. The Hall–Kier alpha value is -2.30. The van der Waals surface area contributed by atoms with Gasteiger partial charge in [0.05, 0.1) is 6.33 Å². The monoisotopic (exact) mass is 299 g/mol. The van der Waals surface area contributed by atoms with Crippen LogP contribution in [0.2, 0.25) is 0 Å². The molecule has 1 aromatic heterocycles. The number of aromatic nitrogens is 2. The van der Waals surface area contributed by atoms with Crippen molar-refractivity contribution in [1.82, 2.24) is 9.97 Å². The van der Waals surface area contributed by atoms with Crippen LogP contribution in [-0.4, -0.2) is 28.0 Å². The molecule has 1 saturated carbocycles. The van der Waals surface area contributed by atoms with Gasteiger partial charge in [-0.3, -0.25) is 9.79 Å². The second-order valence-corrected chi connectivity index (χ2v) is 5.65. The summed E-state index contributed by atoms with van der Waals surface area (Å²) in [6.07, 6.45) is 5.97. The molecule has 1 atom stereocenters. The minimum Gasteiger partial charge on any atom is -0.348 e. The Balaban J connectivity index is 1.65. The van der Waals surface area contributed by atoms with Gasteiger partial charge in [-0.1, -0.05) is 12.1 Å². The van der Waals surface area contributed by atoms with Gasteiger partial charge in [0.2, 0.25) is 0 Å². The highest BCUT2D eigenvalue weighted by Gasteiger charge is 2.25. The molecule has 0 aliphatic heterocycles. The lowest BCUT2D eigenvalue weighted by molar-refractivity contribution is -0.118. The van der Waals surface area contributed by atoms with E-state index in [2.05, 4.69) is 15.0 Å². The lowest BCUT2D eigenvalue weighted by Gasteiger charge is -2.23. The van der Waals surface area contributed by atoms with Gasteiger partial charge in [-0.15, -0.1) is 0 Å². The Labute approximate surface area is 128 Å². The molecule has 1 N–H and O–H groups in total. The predicted molar refractivity (Wildman–Crippen MR) is 82.6 cm³/mol. The Morgan fingerprint density at radius 3 is 2.82 bits per heavy atom. The number of carbonyl (C=O) groups excluding carboxylic acids is 1. The first-order valence-corrected chi connectivity index (χ1v) is 7.47.